The van der Waals surface area contributed by atoms with Gasteiger partial charge in [0.25, 0.3) is 5.91 Å². The summed E-state index contributed by atoms with van der Waals surface area (Å²) in [6.07, 6.45) is 0. The van der Waals surface area contributed by atoms with Gasteiger partial charge in [0.1, 0.15) is 5.75 Å². The number of benzene rings is 2. The number of ether oxygens (including phenoxy) is 1. The minimum absolute atomic E-state index is 0.146. The highest BCUT2D eigenvalue weighted by Gasteiger charge is 2.17. The summed E-state index contributed by atoms with van der Waals surface area (Å²) in [5.41, 5.74) is 3.39. The van der Waals surface area contributed by atoms with E-state index in [0.29, 0.717) is 17.0 Å². The van der Waals surface area contributed by atoms with E-state index in [2.05, 4.69) is 22.2 Å². The average molecular weight is 368 g/mol. The van der Waals surface area contributed by atoms with Crippen molar-refractivity contribution in [1.82, 2.24) is 4.90 Å². The van der Waals surface area contributed by atoms with Gasteiger partial charge in [-0.15, -0.1) is 0 Å². The van der Waals surface area contributed by atoms with E-state index in [-0.39, 0.29) is 5.91 Å². The van der Waals surface area contributed by atoms with E-state index < -0.39 is 0 Å². The number of rotatable bonds is 5. The van der Waals surface area contributed by atoms with Gasteiger partial charge in [0.05, 0.1) is 12.8 Å². The maximum atomic E-state index is 12.8. The number of carbonyl (C=O) groups excluding carboxylic acids is 1. The monoisotopic (exact) mass is 368 g/mol. The van der Waals surface area contributed by atoms with Crippen molar-refractivity contribution in [3.8, 4) is 5.75 Å². The molecule has 144 valence electrons. The Balaban J connectivity index is 1.81. The van der Waals surface area contributed by atoms with E-state index in [1.54, 1.807) is 7.11 Å². The largest absolute Gasteiger partial charge is 0.495 e. The molecule has 6 nitrogen and oxygen atoms in total. The van der Waals surface area contributed by atoms with E-state index in [0.717, 1.165) is 37.6 Å². The van der Waals surface area contributed by atoms with Gasteiger partial charge in [-0.25, -0.2) is 0 Å². The quantitative estimate of drug-likeness (QED) is 0.879. The third-order valence-electron chi connectivity index (χ3n) is 4.92. The molecular weight excluding hydrogens is 340 g/mol. The Kier molecular flexibility index (Phi) is 5.86. The molecule has 2 aromatic carbocycles. The molecule has 1 saturated heterocycles. The minimum Gasteiger partial charge on any atom is -0.495 e. The molecule has 2 aromatic rings. The third-order valence-corrected chi connectivity index (χ3v) is 4.92. The highest BCUT2D eigenvalue weighted by atomic mass is 16.5. The molecule has 1 aliphatic heterocycles. The number of hydrogen-bond donors (Lipinski definition) is 1. The number of methoxy groups -OCH3 is 1. The number of nitrogens with one attached hydrogen (secondary N) is 1. The minimum atomic E-state index is -0.146. The molecule has 1 heterocycles. The SMILES string of the molecule is COc1ccc(N2CCN(C)CC2)cc1NC(=O)c1cccc(N(C)C)c1. The predicted octanol–water partition coefficient (Wildman–Crippen LogP) is 2.77. The van der Waals surface area contributed by atoms with Crippen LogP contribution in [0.1, 0.15) is 10.4 Å². The van der Waals surface area contributed by atoms with Crippen molar-refractivity contribution < 1.29 is 9.53 Å². The molecule has 0 radical (unpaired) electrons. The van der Waals surface area contributed by atoms with Crippen molar-refractivity contribution in [3.05, 3.63) is 48.0 Å². The number of carbonyl (C=O) groups is 1. The Morgan fingerprint density at radius 1 is 1.07 bits per heavy atom. The highest BCUT2D eigenvalue weighted by molar-refractivity contribution is 6.05. The Labute approximate surface area is 161 Å². The molecule has 0 bridgehead atoms. The zero-order valence-electron chi connectivity index (χ0n) is 16.5. The van der Waals surface area contributed by atoms with E-state index in [1.807, 2.05) is 61.5 Å². The summed E-state index contributed by atoms with van der Waals surface area (Å²) < 4.78 is 5.45. The normalized spacial score (nSPS) is 14.7. The number of likely N-dealkylation sites (N-methyl/N-ethyl adjacent to an activating group) is 1. The second kappa shape index (κ2) is 8.31. The van der Waals surface area contributed by atoms with Gasteiger partial charge in [0, 0.05) is 57.2 Å². The van der Waals surface area contributed by atoms with Crippen molar-refractivity contribution in [2.45, 2.75) is 0 Å². The first-order valence-corrected chi connectivity index (χ1v) is 9.18. The van der Waals surface area contributed by atoms with Crippen LogP contribution in [0.2, 0.25) is 0 Å². The van der Waals surface area contributed by atoms with Crippen LogP contribution >= 0.6 is 0 Å². The Morgan fingerprint density at radius 3 is 2.48 bits per heavy atom. The van der Waals surface area contributed by atoms with Crippen LogP contribution in [0, 0.1) is 0 Å². The molecule has 0 aliphatic carbocycles. The third kappa shape index (κ3) is 4.52. The first-order chi connectivity index (χ1) is 13.0. The Morgan fingerprint density at radius 2 is 1.81 bits per heavy atom. The van der Waals surface area contributed by atoms with Gasteiger partial charge in [0.2, 0.25) is 0 Å². The summed E-state index contributed by atoms with van der Waals surface area (Å²) in [5.74, 6) is 0.512. The Bertz CT molecular complexity index is 799. The molecule has 0 saturated carbocycles. The van der Waals surface area contributed by atoms with Crippen LogP contribution in [0.4, 0.5) is 17.1 Å². The van der Waals surface area contributed by atoms with Crippen molar-refractivity contribution in [3.63, 3.8) is 0 Å². The fraction of sp³-hybridized carbons (Fsp3) is 0.381. The van der Waals surface area contributed by atoms with E-state index in [1.165, 1.54) is 0 Å². The highest BCUT2D eigenvalue weighted by Crippen LogP contribution is 2.30. The summed E-state index contributed by atoms with van der Waals surface area (Å²) in [6, 6.07) is 13.5. The van der Waals surface area contributed by atoms with Crippen molar-refractivity contribution >= 4 is 23.0 Å². The van der Waals surface area contributed by atoms with Crippen LogP contribution in [-0.4, -0.2) is 65.2 Å². The first kappa shape index (κ1) is 19.0. The fourth-order valence-electron chi connectivity index (χ4n) is 3.17. The number of anilines is 3. The molecule has 1 N–H and O–H groups in total. The molecule has 1 amide bonds. The summed E-state index contributed by atoms with van der Waals surface area (Å²) in [5, 5.41) is 3.01. The second-order valence-corrected chi connectivity index (χ2v) is 7.07. The van der Waals surface area contributed by atoms with Gasteiger partial charge in [0.15, 0.2) is 0 Å². The number of nitrogens with zero attached hydrogens (tertiary/aromatic N) is 3. The van der Waals surface area contributed by atoms with Crippen molar-refractivity contribution in [2.24, 2.45) is 0 Å². The van der Waals surface area contributed by atoms with Gasteiger partial charge < -0.3 is 24.8 Å². The lowest BCUT2D eigenvalue weighted by Gasteiger charge is -2.34. The van der Waals surface area contributed by atoms with Crippen LogP contribution in [0.3, 0.4) is 0 Å². The van der Waals surface area contributed by atoms with Gasteiger partial charge in [-0.05, 0) is 43.4 Å². The fourth-order valence-corrected chi connectivity index (χ4v) is 3.17. The maximum Gasteiger partial charge on any atom is 0.255 e. The Hall–Kier alpha value is -2.73. The number of piperazine rings is 1. The zero-order chi connectivity index (χ0) is 19.4. The van der Waals surface area contributed by atoms with Crippen LogP contribution in [0.25, 0.3) is 0 Å². The van der Waals surface area contributed by atoms with Gasteiger partial charge in [-0.1, -0.05) is 6.07 Å². The van der Waals surface area contributed by atoms with Gasteiger partial charge in [-0.3, -0.25) is 4.79 Å². The molecule has 0 aromatic heterocycles. The summed E-state index contributed by atoms with van der Waals surface area (Å²) in [6.45, 7) is 4.01. The molecule has 0 atom stereocenters. The molecule has 3 rings (SSSR count). The predicted molar refractivity (Wildman–Crippen MR) is 111 cm³/mol. The van der Waals surface area contributed by atoms with Crippen LogP contribution in [0.5, 0.6) is 5.75 Å². The van der Waals surface area contributed by atoms with E-state index in [9.17, 15) is 4.79 Å². The second-order valence-electron chi connectivity index (χ2n) is 7.07. The number of amides is 1. The topological polar surface area (TPSA) is 48.1 Å². The standard InChI is InChI=1S/C21H28N4O2/c1-23(2)17-7-5-6-16(14-17)21(26)22-19-15-18(8-9-20(19)27-4)25-12-10-24(3)11-13-25/h5-9,14-15H,10-13H2,1-4H3,(H,22,26). The lowest BCUT2D eigenvalue weighted by Crippen LogP contribution is -2.44. The molecule has 6 heteroatoms. The number of hydrogen-bond acceptors (Lipinski definition) is 5. The molecule has 1 aliphatic rings. The summed E-state index contributed by atoms with van der Waals surface area (Å²) in [4.78, 5) is 19.4. The maximum absolute atomic E-state index is 12.8. The van der Waals surface area contributed by atoms with Crippen molar-refractivity contribution in [1.29, 1.82) is 0 Å². The van der Waals surface area contributed by atoms with Crippen LogP contribution < -0.4 is 19.9 Å². The van der Waals surface area contributed by atoms with Crippen LogP contribution in [-0.2, 0) is 0 Å². The van der Waals surface area contributed by atoms with E-state index in [4.69, 9.17) is 4.74 Å². The molecule has 0 unspecified atom stereocenters. The lowest BCUT2D eigenvalue weighted by molar-refractivity contribution is 0.102. The van der Waals surface area contributed by atoms with Gasteiger partial charge in [-0.2, -0.15) is 0 Å². The molecule has 27 heavy (non-hydrogen) atoms. The summed E-state index contributed by atoms with van der Waals surface area (Å²) in [7, 11) is 7.67. The summed E-state index contributed by atoms with van der Waals surface area (Å²) >= 11 is 0. The van der Waals surface area contributed by atoms with Crippen LogP contribution in [0.15, 0.2) is 42.5 Å². The molecular formula is C21H28N4O2. The molecule has 1 fully saturated rings. The smallest absolute Gasteiger partial charge is 0.255 e. The molecule has 0 spiro atoms. The first-order valence-electron chi connectivity index (χ1n) is 9.18. The van der Waals surface area contributed by atoms with E-state index >= 15 is 0 Å². The average Bonchev–Trinajstić information content (AvgIpc) is 2.68. The van der Waals surface area contributed by atoms with Gasteiger partial charge >= 0.3 is 0 Å². The van der Waals surface area contributed by atoms with Crippen molar-refractivity contribution in [2.75, 3.05) is 69.5 Å². The zero-order valence-corrected chi connectivity index (χ0v) is 16.5. The lowest BCUT2D eigenvalue weighted by atomic mass is 10.1.